The first-order chi connectivity index (χ1) is 22.0. The van der Waals surface area contributed by atoms with Crippen molar-refractivity contribution in [3.8, 4) is 6.07 Å². The summed E-state index contributed by atoms with van der Waals surface area (Å²) in [6.45, 7) is 4.24. The van der Waals surface area contributed by atoms with E-state index in [1.807, 2.05) is 18.3 Å². The van der Waals surface area contributed by atoms with Gasteiger partial charge in [-0.2, -0.15) is 9.65 Å². The number of fused-ring (bicyclic) bond motifs is 3. The van der Waals surface area contributed by atoms with Gasteiger partial charge in [0.15, 0.2) is 11.3 Å². The zero-order valence-electron chi connectivity index (χ0n) is 25.9. The Morgan fingerprint density at radius 2 is 2.13 bits per heavy atom. The molecule has 2 aromatic heterocycles. The van der Waals surface area contributed by atoms with Gasteiger partial charge in [-0.3, -0.25) is 10.1 Å². The lowest BCUT2D eigenvalue weighted by atomic mass is 9.40. The summed E-state index contributed by atoms with van der Waals surface area (Å²) in [5, 5.41) is 31.5. The summed E-state index contributed by atoms with van der Waals surface area (Å²) in [6, 6.07) is 8.15. The van der Waals surface area contributed by atoms with E-state index in [2.05, 4.69) is 18.0 Å². The quantitative estimate of drug-likeness (QED) is 0.210. The fourth-order valence-corrected chi connectivity index (χ4v) is 11.2. The van der Waals surface area contributed by atoms with Gasteiger partial charge in [0.25, 0.3) is 0 Å². The number of hydrogen-bond donors (Lipinski definition) is 3. The van der Waals surface area contributed by atoms with Crippen molar-refractivity contribution >= 4 is 34.7 Å². The highest BCUT2D eigenvalue weighted by molar-refractivity contribution is 8.14. The lowest BCUT2D eigenvalue weighted by molar-refractivity contribution is -0.513. The molecule has 0 radical (unpaired) electrons. The van der Waals surface area contributed by atoms with E-state index < -0.39 is 34.5 Å². The van der Waals surface area contributed by atoms with Crippen LogP contribution in [0.2, 0.25) is 0 Å². The summed E-state index contributed by atoms with van der Waals surface area (Å²) >= 11 is 0.887. The Morgan fingerprint density at radius 3 is 2.83 bits per heavy atom. The van der Waals surface area contributed by atoms with Crippen LogP contribution < -0.4 is 5.32 Å². The maximum atomic E-state index is 14.2. The molecule has 4 fully saturated rings. The first-order valence-electron chi connectivity index (χ1n) is 15.9. The number of ether oxygens (including phenoxy) is 1. The summed E-state index contributed by atoms with van der Waals surface area (Å²) in [5.74, 6) is -1.01. The molecule has 2 heterocycles. The fourth-order valence-electron chi connectivity index (χ4n) is 10.4. The highest BCUT2D eigenvalue weighted by Crippen LogP contribution is 2.83. The van der Waals surface area contributed by atoms with Gasteiger partial charge in [0, 0.05) is 23.3 Å². The summed E-state index contributed by atoms with van der Waals surface area (Å²) in [6.07, 6.45) is 10.0. The maximum absolute atomic E-state index is 14.2. The summed E-state index contributed by atoms with van der Waals surface area (Å²) in [4.78, 5) is 31.5. The van der Waals surface area contributed by atoms with Crippen LogP contribution in [-0.2, 0) is 9.53 Å². The smallest absolute Gasteiger partial charge is 0.375 e. The Balaban J connectivity index is 1.26. The van der Waals surface area contributed by atoms with Crippen LogP contribution in [-0.4, -0.2) is 44.8 Å². The van der Waals surface area contributed by atoms with Crippen LogP contribution in [0.15, 0.2) is 64.1 Å². The highest BCUT2D eigenvalue weighted by Gasteiger charge is 2.82. The summed E-state index contributed by atoms with van der Waals surface area (Å²) in [5.41, 5.74) is 0.601. The molecule has 4 saturated carbocycles. The van der Waals surface area contributed by atoms with Crippen LogP contribution in [0.3, 0.4) is 0 Å². The molecule has 8 atom stereocenters. The van der Waals surface area contributed by atoms with E-state index in [0.717, 1.165) is 54.4 Å². The Bertz CT molecular complexity index is 1700. The largest absolute Gasteiger partial charge is 0.457 e. The van der Waals surface area contributed by atoms with Crippen molar-refractivity contribution in [3.63, 3.8) is 0 Å². The molecule has 46 heavy (non-hydrogen) atoms. The molecule has 2 aromatic rings. The number of quaternary nitrogens is 1. The van der Waals surface area contributed by atoms with Gasteiger partial charge in [-0.05, 0) is 97.8 Å². The van der Waals surface area contributed by atoms with Crippen LogP contribution in [0.4, 0.5) is 10.1 Å². The number of rotatable bonds is 7. The molecule has 7 rings (SSSR count). The SMILES string of the molecule is C[C@]12CC(C=N)=C([NH2+]c3ccc(F)nc3)C=C1CCC1C2[C@@H](O)C[C@@]2(C)C13CC3CC[C@]2(OC(=O)c1ccco1)C(=O)SCC#N. The van der Waals surface area contributed by atoms with Crippen LogP contribution >= 0.6 is 11.8 Å². The molecule has 0 aliphatic heterocycles. The lowest BCUT2D eigenvalue weighted by Crippen LogP contribution is -2.76. The number of aliphatic hydroxyl groups is 1. The molecule has 11 heteroatoms. The van der Waals surface area contributed by atoms with E-state index in [-0.39, 0.29) is 40.3 Å². The molecular weight excluding hydrogens is 607 g/mol. The van der Waals surface area contributed by atoms with Crippen molar-refractivity contribution in [1.82, 2.24) is 4.98 Å². The predicted octanol–water partition coefficient (Wildman–Crippen LogP) is 5.23. The number of aliphatic hydroxyl groups excluding tert-OH is 1. The normalized spacial score (nSPS) is 37.4. The van der Waals surface area contributed by atoms with Crippen LogP contribution in [0.25, 0.3) is 0 Å². The molecule has 5 aliphatic carbocycles. The lowest BCUT2D eigenvalue weighted by Gasteiger charge is -2.66. The average molecular weight is 646 g/mol. The second kappa shape index (κ2) is 11.0. The molecule has 0 aromatic carbocycles. The monoisotopic (exact) mass is 645 g/mol. The van der Waals surface area contributed by atoms with E-state index in [1.54, 1.807) is 12.1 Å². The standard InChI is InChI=1S/C35H37FN4O5S/c1-32-15-20(18-38)25(40-23-6-8-28(36)39-19-23)14-21(32)5-7-24-29(32)26(41)17-33(2)34(24)16-22(34)9-10-35(33,31(43)46-13-11-37)45-30(42)27-4-3-12-44-27/h3-4,6,8,12,14,18-19,22,24,26,29,38,40-41H,5,7,9-10,13,15-17H2,1-2H3/p+1/t22?,24?,26-,29?,32-,33-,34?,35-/m0/s1. The van der Waals surface area contributed by atoms with Gasteiger partial charge in [-0.1, -0.05) is 31.2 Å². The number of halogens is 1. The number of nitrogens with zero attached hydrogens (tertiary/aromatic N) is 2. The number of pyridine rings is 1. The molecule has 9 nitrogen and oxygen atoms in total. The Morgan fingerprint density at radius 1 is 1.30 bits per heavy atom. The number of esters is 1. The fraction of sp³-hybridized carbons (Fsp3) is 0.514. The molecule has 4 unspecified atom stereocenters. The molecule has 0 bridgehead atoms. The van der Waals surface area contributed by atoms with Crippen molar-refractivity contribution in [2.45, 2.75) is 70.5 Å². The highest BCUT2D eigenvalue weighted by atomic mass is 32.2. The third kappa shape index (κ3) is 4.33. The zero-order valence-corrected chi connectivity index (χ0v) is 26.7. The van der Waals surface area contributed by atoms with Gasteiger partial charge in [0.1, 0.15) is 5.70 Å². The number of aromatic nitrogens is 1. The number of nitrogens with one attached hydrogen (secondary N) is 1. The van der Waals surface area contributed by atoms with E-state index >= 15 is 0 Å². The Kier molecular flexibility index (Phi) is 7.42. The van der Waals surface area contributed by atoms with Crippen LogP contribution in [0.5, 0.6) is 0 Å². The number of nitriles is 1. The molecule has 1 spiro atoms. The second-order valence-corrected chi connectivity index (χ2v) is 15.1. The van der Waals surface area contributed by atoms with Crippen LogP contribution in [0.1, 0.15) is 69.3 Å². The van der Waals surface area contributed by atoms with Gasteiger partial charge in [0.2, 0.25) is 16.8 Å². The number of thioether (sulfide) groups is 1. The second-order valence-electron chi connectivity index (χ2n) is 14.1. The number of carbonyl (C=O) groups is 2. The molecular formula is C35H38FN4O5S+. The number of hydrogen-bond acceptors (Lipinski definition) is 9. The van der Waals surface area contributed by atoms with Crippen molar-refractivity contribution < 1.29 is 33.6 Å². The van der Waals surface area contributed by atoms with Crippen molar-refractivity contribution in [2.24, 2.45) is 34.0 Å². The average Bonchev–Trinajstić information content (AvgIpc) is 3.52. The van der Waals surface area contributed by atoms with Gasteiger partial charge < -0.3 is 19.7 Å². The van der Waals surface area contributed by atoms with Gasteiger partial charge in [-0.15, -0.1) is 0 Å². The van der Waals surface area contributed by atoms with E-state index in [4.69, 9.17) is 14.6 Å². The summed E-state index contributed by atoms with van der Waals surface area (Å²) in [7, 11) is 0. The third-order valence-corrected chi connectivity index (χ3v) is 13.2. The van der Waals surface area contributed by atoms with E-state index in [9.17, 15) is 24.3 Å². The van der Waals surface area contributed by atoms with Gasteiger partial charge >= 0.3 is 5.97 Å². The predicted molar refractivity (Wildman–Crippen MR) is 167 cm³/mol. The van der Waals surface area contributed by atoms with Gasteiger partial charge in [0.05, 0.1) is 30.4 Å². The minimum Gasteiger partial charge on any atom is -0.457 e. The number of allylic oxidation sites excluding steroid dienone is 3. The Hall–Kier alpha value is -3.59. The van der Waals surface area contributed by atoms with Crippen LogP contribution in [0, 0.1) is 56.7 Å². The minimum atomic E-state index is -1.52. The van der Waals surface area contributed by atoms with Gasteiger partial charge in [-0.25, -0.2) is 9.78 Å². The molecule has 0 amide bonds. The number of nitrogens with two attached hydrogens (primary N) is 1. The number of carbonyl (C=O) groups excluding carboxylic acids is 2. The minimum absolute atomic E-state index is 0.0133. The van der Waals surface area contributed by atoms with Crippen molar-refractivity contribution in [3.05, 3.63) is 71.4 Å². The zero-order chi connectivity index (χ0) is 32.5. The molecule has 4 N–H and O–H groups in total. The third-order valence-electron chi connectivity index (χ3n) is 12.3. The number of furan rings is 1. The first-order valence-corrected chi connectivity index (χ1v) is 16.9. The van der Waals surface area contributed by atoms with E-state index in [0.29, 0.717) is 18.8 Å². The first kappa shape index (κ1) is 31.0. The van der Waals surface area contributed by atoms with Crippen molar-refractivity contribution in [2.75, 3.05) is 5.75 Å². The molecule has 0 saturated heterocycles. The van der Waals surface area contributed by atoms with Crippen molar-refractivity contribution in [1.29, 1.82) is 10.7 Å². The Labute approximate surface area is 271 Å². The molecule has 5 aliphatic rings. The molecule has 240 valence electrons. The summed E-state index contributed by atoms with van der Waals surface area (Å²) < 4.78 is 25.1. The maximum Gasteiger partial charge on any atom is 0.375 e. The topological polar surface area (TPSA) is 154 Å². The van der Waals surface area contributed by atoms with E-state index in [1.165, 1.54) is 36.4 Å².